The number of fused-ring (bicyclic) bond motifs is 3. The first-order valence-electron chi connectivity index (χ1n) is 9.58. The smallest absolute Gasteiger partial charge is 0.174 e. The summed E-state index contributed by atoms with van der Waals surface area (Å²) in [6.45, 7) is 0.686. The van der Waals surface area contributed by atoms with Crippen LogP contribution in [0.2, 0.25) is 0 Å². The summed E-state index contributed by atoms with van der Waals surface area (Å²) >= 11 is 0. The molecule has 5 rings (SSSR count). The minimum atomic E-state index is 0.686. The van der Waals surface area contributed by atoms with Crippen LogP contribution in [0.1, 0.15) is 16.8 Å². The third kappa shape index (κ3) is 3.06. The molecule has 0 saturated carbocycles. The highest BCUT2D eigenvalue weighted by atomic mass is 16.5. The van der Waals surface area contributed by atoms with Crippen molar-refractivity contribution >= 4 is 0 Å². The molecule has 2 aromatic heterocycles. The lowest BCUT2D eigenvalue weighted by Gasteiger charge is -2.13. The molecule has 0 atom stereocenters. The lowest BCUT2D eigenvalue weighted by molar-refractivity contribution is 0.414. The highest BCUT2D eigenvalue weighted by Crippen LogP contribution is 2.40. The topological polar surface area (TPSA) is 62.3 Å². The van der Waals surface area contributed by atoms with Crippen LogP contribution in [-0.4, -0.2) is 29.2 Å². The summed E-state index contributed by atoms with van der Waals surface area (Å²) in [5.74, 6) is 2.50. The highest BCUT2D eigenvalue weighted by molar-refractivity contribution is 5.83. The minimum Gasteiger partial charge on any atom is -0.497 e. The first-order valence-corrected chi connectivity index (χ1v) is 9.58. The number of hydrogen-bond acceptors (Lipinski definition) is 5. The van der Waals surface area contributed by atoms with Gasteiger partial charge in [0.25, 0.3) is 0 Å². The number of benzene rings is 2. The Morgan fingerprint density at radius 1 is 0.931 bits per heavy atom. The summed E-state index contributed by atoms with van der Waals surface area (Å²) < 4.78 is 18.3. The molecule has 4 aromatic rings. The van der Waals surface area contributed by atoms with Gasteiger partial charge >= 0.3 is 0 Å². The Labute approximate surface area is 168 Å². The monoisotopic (exact) mass is 387 g/mol. The van der Waals surface area contributed by atoms with E-state index in [0.29, 0.717) is 6.54 Å². The van der Waals surface area contributed by atoms with Crippen LogP contribution in [0.15, 0.2) is 59.3 Å². The molecule has 6 heteroatoms. The second kappa shape index (κ2) is 7.13. The van der Waals surface area contributed by atoms with E-state index in [4.69, 9.17) is 19.1 Å². The van der Waals surface area contributed by atoms with Crippen molar-refractivity contribution in [3.8, 4) is 34.1 Å². The van der Waals surface area contributed by atoms with Crippen LogP contribution >= 0.6 is 0 Å². The maximum atomic E-state index is 5.64. The first-order chi connectivity index (χ1) is 14.3. The van der Waals surface area contributed by atoms with Crippen molar-refractivity contribution in [1.29, 1.82) is 0 Å². The predicted octanol–water partition coefficient (Wildman–Crippen LogP) is 4.37. The molecule has 0 spiro atoms. The van der Waals surface area contributed by atoms with E-state index in [1.165, 1.54) is 11.3 Å². The average Bonchev–Trinajstić information content (AvgIpc) is 3.39. The number of rotatable bonds is 5. The number of hydrogen-bond donors (Lipinski definition) is 0. The number of nitrogens with zero attached hydrogens (tertiary/aromatic N) is 3. The van der Waals surface area contributed by atoms with E-state index < -0.39 is 0 Å². The van der Waals surface area contributed by atoms with Gasteiger partial charge in [0.2, 0.25) is 0 Å². The molecule has 0 fully saturated rings. The summed E-state index contributed by atoms with van der Waals surface area (Å²) in [4.78, 5) is 0. The standard InChI is InChI=1S/C23H21N3O3/c1-27-18-8-3-15(4-9-18)14-26-20-12-7-17-13-24-29-23(17)21(20)22(25-26)16-5-10-19(28-2)11-6-16/h3-6,8-11,13H,7,12,14H2,1-2H3. The maximum absolute atomic E-state index is 5.64. The summed E-state index contributed by atoms with van der Waals surface area (Å²) in [7, 11) is 3.34. The van der Waals surface area contributed by atoms with Gasteiger partial charge in [-0.15, -0.1) is 0 Å². The minimum absolute atomic E-state index is 0.686. The van der Waals surface area contributed by atoms with E-state index >= 15 is 0 Å². The summed E-state index contributed by atoms with van der Waals surface area (Å²) in [5.41, 5.74) is 6.46. The number of aryl methyl sites for hydroxylation is 1. The molecular formula is C23H21N3O3. The number of aromatic nitrogens is 3. The molecule has 0 saturated heterocycles. The second-order valence-corrected chi connectivity index (χ2v) is 7.08. The lowest BCUT2D eigenvalue weighted by Crippen LogP contribution is -2.10. The Morgan fingerprint density at radius 3 is 2.31 bits per heavy atom. The first kappa shape index (κ1) is 17.6. The fraction of sp³-hybridized carbons (Fsp3) is 0.217. The third-order valence-corrected chi connectivity index (χ3v) is 5.41. The van der Waals surface area contributed by atoms with E-state index in [1.807, 2.05) is 42.6 Å². The summed E-state index contributed by atoms with van der Waals surface area (Å²) in [6.07, 6.45) is 3.63. The van der Waals surface area contributed by atoms with Crippen molar-refractivity contribution in [2.45, 2.75) is 19.4 Å². The van der Waals surface area contributed by atoms with Crippen molar-refractivity contribution in [2.75, 3.05) is 14.2 Å². The van der Waals surface area contributed by atoms with Crippen LogP contribution in [0.4, 0.5) is 0 Å². The molecule has 0 amide bonds. The number of methoxy groups -OCH3 is 2. The van der Waals surface area contributed by atoms with Crippen LogP contribution < -0.4 is 9.47 Å². The Bertz CT molecular complexity index is 1140. The van der Waals surface area contributed by atoms with Gasteiger partial charge in [0.15, 0.2) is 5.76 Å². The fourth-order valence-corrected chi connectivity index (χ4v) is 3.87. The fourth-order valence-electron chi connectivity index (χ4n) is 3.87. The summed E-state index contributed by atoms with van der Waals surface area (Å²) in [5, 5.41) is 9.02. The van der Waals surface area contributed by atoms with E-state index in [0.717, 1.165) is 52.5 Å². The van der Waals surface area contributed by atoms with E-state index in [1.54, 1.807) is 14.2 Å². The zero-order chi connectivity index (χ0) is 19.8. The average molecular weight is 387 g/mol. The van der Waals surface area contributed by atoms with Gasteiger partial charge in [-0.2, -0.15) is 5.10 Å². The molecule has 0 N–H and O–H groups in total. The van der Waals surface area contributed by atoms with Crippen molar-refractivity contribution in [3.05, 3.63) is 71.5 Å². The molecular weight excluding hydrogens is 366 g/mol. The van der Waals surface area contributed by atoms with Crippen LogP contribution in [-0.2, 0) is 19.4 Å². The largest absolute Gasteiger partial charge is 0.497 e. The van der Waals surface area contributed by atoms with Crippen LogP contribution in [0.25, 0.3) is 22.6 Å². The van der Waals surface area contributed by atoms with Crippen LogP contribution in [0, 0.1) is 0 Å². The van der Waals surface area contributed by atoms with Crippen molar-refractivity contribution < 1.29 is 14.0 Å². The maximum Gasteiger partial charge on any atom is 0.174 e. The Kier molecular flexibility index (Phi) is 4.31. The Hall–Kier alpha value is -3.54. The van der Waals surface area contributed by atoms with Gasteiger partial charge in [-0.25, -0.2) is 0 Å². The predicted molar refractivity (Wildman–Crippen MR) is 109 cm³/mol. The van der Waals surface area contributed by atoms with Gasteiger partial charge in [0, 0.05) is 11.1 Å². The highest BCUT2D eigenvalue weighted by Gasteiger charge is 2.29. The van der Waals surface area contributed by atoms with Crippen molar-refractivity contribution in [1.82, 2.24) is 14.9 Å². The zero-order valence-corrected chi connectivity index (χ0v) is 16.4. The lowest BCUT2D eigenvalue weighted by atomic mass is 9.92. The van der Waals surface area contributed by atoms with E-state index in [9.17, 15) is 0 Å². The van der Waals surface area contributed by atoms with Gasteiger partial charge in [-0.1, -0.05) is 17.3 Å². The van der Waals surface area contributed by atoms with Gasteiger partial charge in [-0.3, -0.25) is 4.68 Å². The molecule has 1 aliphatic carbocycles. The zero-order valence-electron chi connectivity index (χ0n) is 16.4. The number of ether oxygens (including phenoxy) is 2. The second-order valence-electron chi connectivity index (χ2n) is 7.08. The van der Waals surface area contributed by atoms with E-state index in [-0.39, 0.29) is 0 Å². The molecule has 0 bridgehead atoms. The quantitative estimate of drug-likeness (QED) is 0.509. The molecule has 0 radical (unpaired) electrons. The van der Waals surface area contributed by atoms with Crippen molar-refractivity contribution in [2.24, 2.45) is 0 Å². The Morgan fingerprint density at radius 2 is 1.62 bits per heavy atom. The molecule has 1 aliphatic rings. The molecule has 2 heterocycles. The molecule has 2 aromatic carbocycles. The molecule has 146 valence electrons. The molecule has 29 heavy (non-hydrogen) atoms. The van der Waals surface area contributed by atoms with Gasteiger partial charge in [-0.05, 0) is 54.8 Å². The van der Waals surface area contributed by atoms with Crippen LogP contribution in [0.3, 0.4) is 0 Å². The van der Waals surface area contributed by atoms with Gasteiger partial charge < -0.3 is 14.0 Å². The third-order valence-electron chi connectivity index (χ3n) is 5.41. The normalized spacial score (nSPS) is 12.3. The Balaban J connectivity index is 1.61. The van der Waals surface area contributed by atoms with Crippen molar-refractivity contribution in [3.63, 3.8) is 0 Å². The SMILES string of the molecule is COc1ccc(Cn2nc(-c3ccc(OC)cc3)c3c2CCc2cnoc2-3)cc1. The molecule has 0 unspecified atom stereocenters. The molecule has 0 aliphatic heterocycles. The summed E-state index contributed by atoms with van der Waals surface area (Å²) in [6, 6.07) is 16.1. The van der Waals surface area contributed by atoms with Gasteiger partial charge in [0.05, 0.1) is 38.2 Å². The molecule has 6 nitrogen and oxygen atoms in total. The van der Waals surface area contributed by atoms with Crippen LogP contribution in [0.5, 0.6) is 11.5 Å². The van der Waals surface area contributed by atoms with Gasteiger partial charge in [0.1, 0.15) is 17.2 Å². The van der Waals surface area contributed by atoms with E-state index in [2.05, 4.69) is 22.0 Å².